The Labute approximate surface area is 286 Å². The minimum atomic E-state index is -1.36. The number of aliphatic hydroxyl groups is 1. The van der Waals surface area contributed by atoms with Crippen LogP contribution in [0.3, 0.4) is 0 Å². The van der Waals surface area contributed by atoms with Crippen LogP contribution < -0.4 is 0 Å². The monoisotopic (exact) mass is 677 g/mol. The molecule has 3 aliphatic heterocycles. The van der Waals surface area contributed by atoms with Gasteiger partial charge in [0.05, 0.1) is 39.1 Å². The summed E-state index contributed by atoms with van der Waals surface area (Å²) in [5.41, 5.74) is 2.76. The smallest absolute Gasteiger partial charge is 0.457 e. The minimum absolute atomic E-state index is 0.0158. The lowest BCUT2D eigenvalue weighted by molar-refractivity contribution is -0.374. The third-order valence-electron chi connectivity index (χ3n) is 8.54. The van der Waals surface area contributed by atoms with Crippen molar-refractivity contribution in [1.29, 1.82) is 0 Å². The van der Waals surface area contributed by atoms with Crippen molar-refractivity contribution >= 4 is 13.7 Å². The molecule has 0 aromatic heterocycles. The van der Waals surface area contributed by atoms with Gasteiger partial charge in [-0.1, -0.05) is 91.0 Å². The van der Waals surface area contributed by atoms with E-state index < -0.39 is 67.4 Å². The molecule has 10 atom stereocenters. The van der Waals surface area contributed by atoms with Crippen molar-refractivity contribution in [3.8, 4) is 0 Å². The van der Waals surface area contributed by atoms with Crippen molar-refractivity contribution < 1.29 is 57.1 Å². The van der Waals surface area contributed by atoms with Crippen molar-refractivity contribution in [3.63, 3.8) is 0 Å². The fourth-order valence-corrected chi connectivity index (χ4v) is 6.15. The number of esters is 1. The maximum atomic E-state index is 12.3. The number of ether oxygens (including phenoxy) is 8. The lowest BCUT2D eigenvalue weighted by Gasteiger charge is -2.50. The summed E-state index contributed by atoms with van der Waals surface area (Å²) in [5, 5.41) is 11.8. The first kappa shape index (κ1) is 35.6. The van der Waals surface area contributed by atoms with Gasteiger partial charge >= 0.3 is 13.7 Å². The van der Waals surface area contributed by atoms with Crippen LogP contribution in [0, 0.1) is 0 Å². The fourth-order valence-electron chi connectivity index (χ4n) is 6.15. The van der Waals surface area contributed by atoms with E-state index in [2.05, 4.69) is 0 Å². The number of aliphatic hydroxyl groups excluding tert-OH is 1. The van der Waals surface area contributed by atoms with Gasteiger partial charge in [0, 0.05) is 14.0 Å². The number of carbonyl (C=O) groups is 1. The summed E-state index contributed by atoms with van der Waals surface area (Å²) in [6, 6.07) is 28.8. The molecular formula is C36H42BO12. The molecule has 3 fully saturated rings. The molecule has 0 aliphatic carbocycles. The molecule has 3 heterocycles. The SMILES string of the molecule is CO[C@@H]1O[C@@H]2CO[B]O[C@@H]2[C@H](OCc2ccccc2)[C@H]1O[C@H]1O[C@H](COCc2ccccc2)[C@H](OC(C)=O)[C@H](O)[C@H]1OCc1ccccc1. The van der Waals surface area contributed by atoms with Crippen molar-refractivity contribution in [3.05, 3.63) is 108 Å². The second-order valence-electron chi connectivity index (χ2n) is 12.0. The molecule has 0 unspecified atom stereocenters. The number of hydrogen-bond acceptors (Lipinski definition) is 12. The molecule has 1 N–H and O–H groups in total. The predicted octanol–water partition coefficient (Wildman–Crippen LogP) is 3.10. The highest BCUT2D eigenvalue weighted by molar-refractivity contribution is 6.18. The van der Waals surface area contributed by atoms with Crippen molar-refractivity contribution in [2.45, 2.75) is 88.2 Å². The van der Waals surface area contributed by atoms with Gasteiger partial charge in [0.25, 0.3) is 0 Å². The van der Waals surface area contributed by atoms with E-state index in [9.17, 15) is 9.90 Å². The topological polar surface area (TPSA) is 130 Å². The molecular weight excluding hydrogens is 635 g/mol. The number of benzene rings is 3. The van der Waals surface area contributed by atoms with Gasteiger partial charge in [-0.15, -0.1) is 0 Å². The van der Waals surface area contributed by atoms with Crippen LogP contribution in [-0.2, 0) is 71.8 Å². The summed E-state index contributed by atoms with van der Waals surface area (Å²) in [6.07, 6.45) is -9.39. The molecule has 6 rings (SSSR count). The standard InChI is InChI=1S/C36H42BO12/c1-23(38)45-30-27(21-41-18-24-12-6-3-7-13-24)47-36(32(29(30)39)42-19-25-14-8-4-9-15-25)48-34-33(43-20-26-16-10-5-11-17-26)31-28(22-44-37-49-31)46-35(34)40-2/h3-17,27-36,39H,18-22H2,1-2H3/t27-,28-,29+,30+,31+,32-,33+,34-,35-,36-/m1/s1. The fraction of sp³-hybridized carbons (Fsp3) is 0.472. The van der Waals surface area contributed by atoms with Gasteiger partial charge in [0.15, 0.2) is 18.7 Å². The second-order valence-corrected chi connectivity index (χ2v) is 12.0. The molecule has 0 saturated carbocycles. The average Bonchev–Trinajstić information content (AvgIpc) is 3.13. The van der Waals surface area contributed by atoms with Crippen molar-refractivity contribution in [2.24, 2.45) is 0 Å². The number of hydrogen-bond donors (Lipinski definition) is 1. The van der Waals surface area contributed by atoms with Gasteiger partial charge in [0.2, 0.25) is 0 Å². The van der Waals surface area contributed by atoms with Crippen LogP contribution >= 0.6 is 0 Å². The Bertz CT molecular complexity index is 1420. The zero-order valence-corrected chi connectivity index (χ0v) is 27.5. The van der Waals surface area contributed by atoms with Gasteiger partial charge in [-0.05, 0) is 16.7 Å². The van der Waals surface area contributed by atoms with E-state index in [1.807, 2.05) is 91.0 Å². The van der Waals surface area contributed by atoms with E-state index in [4.69, 9.17) is 47.2 Å². The molecule has 12 nitrogen and oxygen atoms in total. The van der Waals surface area contributed by atoms with Crippen LogP contribution in [0.25, 0.3) is 0 Å². The van der Waals surface area contributed by atoms with Crippen LogP contribution in [0.5, 0.6) is 0 Å². The Hall–Kier alpha value is -3.21. The van der Waals surface area contributed by atoms with Crippen LogP contribution in [0.15, 0.2) is 91.0 Å². The molecule has 3 saturated heterocycles. The quantitative estimate of drug-likeness (QED) is 0.199. The summed E-state index contributed by atoms with van der Waals surface area (Å²) in [5.74, 6) is -0.588. The lowest BCUT2D eigenvalue weighted by Crippen LogP contribution is -2.67. The van der Waals surface area contributed by atoms with E-state index in [-0.39, 0.29) is 33.0 Å². The largest absolute Gasteiger partial charge is 0.488 e. The predicted molar refractivity (Wildman–Crippen MR) is 173 cm³/mol. The van der Waals surface area contributed by atoms with Gasteiger partial charge in [-0.3, -0.25) is 4.79 Å². The summed E-state index contributed by atoms with van der Waals surface area (Å²) >= 11 is 0. The molecule has 3 aliphatic rings. The first-order valence-corrected chi connectivity index (χ1v) is 16.4. The zero-order valence-electron chi connectivity index (χ0n) is 27.5. The molecule has 49 heavy (non-hydrogen) atoms. The highest BCUT2D eigenvalue weighted by Crippen LogP contribution is 2.35. The highest BCUT2D eigenvalue weighted by Gasteiger charge is 2.54. The normalized spacial score (nSPS) is 31.3. The first-order valence-electron chi connectivity index (χ1n) is 16.4. The number of carbonyl (C=O) groups excluding carboxylic acids is 1. The first-order chi connectivity index (χ1) is 24.0. The molecule has 13 heteroatoms. The van der Waals surface area contributed by atoms with Gasteiger partial charge in [-0.25, -0.2) is 0 Å². The maximum Gasteiger partial charge on any atom is 0.488 e. The minimum Gasteiger partial charge on any atom is -0.457 e. The molecule has 261 valence electrons. The van der Waals surface area contributed by atoms with Crippen LogP contribution in [0.4, 0.5) is 0 Å². The summed E-state index contributed by atoms with van der Waals surface area (Å²) < 4.78 is 60.9. The molecule has 0 spiro atoms. The number of rotatable bonds is 14. The zero-order chi connectivity index (χ0) is 34.0. The maximum absolute atomic E-state index is 12.3. The lowest BCUT2D eigenvalue weighted by atomic mass is 9.95. The van der Waals surface area contributed by atoms with E-state index in [1.165, 1.54) is 21.7 Å². The Morgan fingerprint density at radius 2 is 1.37 bits per heavy atom. The molecule has 3 aromatic carbocycles. The van der Waals surface area contributed by atoms with E-state index in [0.29, 0.717) is 0 Å². The summed E-state index contributed by atoms with van der Waals surface area (Å²) in [6.45, 7) is 2.14. The van der Waals surface area contributed by atoms with Crippen LogP contribution in [-0.4, -0.2) is 100 Å². The molecule has 0 amide bonds. The summed E-state index contributed by atoms with van der Waals surface area (Å²) in [4.78, 5) is 12.3. The Morgan fingerprint density at radius 1 is 0.776 bits per heavy atom. The van der Waals surface area contributed by atoms with E-state index in [0.717, 1.165) is 16.7 Å². The summed E-state index contributed by atoms with van der Waals surface area (Å²) in [7, 11) is 2.77. The van der Waals surface area contributed by atoms with Crippen LogP contribution in [0.1, 0.15) is 23.6 Å². The molecule has 3 aromatic rings. The third kappa shape index (κ3) is 9.33. The third-order valence-corrected chi connectivity index (χ3v) is 8.54. The average molecular weight is 678 g/mol. The van der Waals surface area contributed by atoms with Crippen LogP contribution in [0.2, 0.25) is 0 Å². The van der Waals surface area contributed by atoms with Crippen molar-refractivity contribution in [1.82, 2.24) is 0 Å². The number of fused-ring (bicyclic) bond motifs is 1. The Balaban J connectivity index is 1.27. The van der Waals surface area contributed by atoms with E-state index >= 15 is 0 Å². The van der Waals surface area contributed by atoms with Gasteiger partial charge in [0.1, 0.15) is 36.6 Å². The van der Waals surface area contributed by atoms with Gasteiger partial charge in [-0.2, -0.15) is 0 Å². The van der Waals surface area contributed by atoms with E-state index in [1.54, 1.807) is 0 Å². The molecule has 1 radical (unpaired) electrons. The molecule has 0 bridgehead atoms. The number of methoxy groups -OCH3 is 1. The highest BCUT2D eigenvalue weighted by atomic mass is 16.8. The second kappa shape index (κ2) is 17.6. The Morgan fingerprint density at radius 3 is 1.96 bits per heavy atom. The Kier molecular flexibility index (Phi) is 12.8. The van der Waals surface area contributed by atoms with Crippen molar-refractivity contribution in [2.75, 3.05) is 20.3 Å². The van der Waals surface area contributed by atoms with Gasteiger partial charge < -0.3 is 52.3 Å².